The highest BCUT2D eigenvalue weighted by Crippen LogP contribution is 2.32. The maximum absolute atomic E-state index is 13.2. The van der Waals surface area contributed by atoms with Gasteiger partial charge in [0.2, 0.25) is 5.88 Å². The molecule has 0 unspecified atom stereocenters. The van der Waals surface area contributed by atoms with Gasteiger partial charge in [-0.25, -0.2) is 0 Å². The number of carbonyl (C=O) groups excluding carboxylic acids is 1. The van der Waals surface area contributed by atoms with Gasteiger partial charge in [-0.1, -0.05) is 6.07 Å². The monoisotopic (exact) mass is 381 g/mol. The summed E-state index contributed by atoms with van der Waals surface area (Å²) in [5.41, 5.74) is -0.159. The number of nitrogens with one attached hydrogen (secondary N) is 1. The van der Waals surface area contributed by atoms with E-state index in [0.717, 1.165) is 32.1 Å². The van der Waals surface area contributed by atoms with Crippen LogP contribution in [-0.2, 0) is 4.79 Å². The molecule has 27 heavy (non-hydrogen) atoms. The van der Waals surface area contributed by atoms with Crippen LogP contribution >= 0.6 is 0 Å². The number of halogens is 3. The summed E-state index contributed by atoms with van der Waals surface area (Å²) in [5, 5.41) is 9.79. The van der Waals surface area contributed by atoms with Gasteiger partial charge in [0.15, 0.2) is 18.5 Å². The lowest BCUT2D eigenvalue weighted by Crippen LogP contribution is -2.40. The van der Waals surface area contributed by atoms with Crippen molar-refractivity contribution < 1.29 is 22.7 Å². The van der Waals surface area contributed by atoms with Crippen LogP contribution in [0.2, 0.25) is 0 Å². The Morgan fingerprint density at radius 3 is 2.59 bits per heavy atom. The Morgan fingerprint density at radius 2 is 2.00 bits per heavy atom. The average molecular weight is 381 g/mol. The molecule has 1 saturated heterocycles. The molecule has 3 heterocycles. The lowest BCUT2D eigenvalue weighted by molar-refractivity contribution is -0.164. The molecule has 2 aromatic heterocycles. The Bertz CT molecular complexity index is 749. The van der Waals surface area contributed by atoms with Crippen molar-refractivity contribution in [2.45, 2.75) is 25.1 Å². The SMILES string of the molecule is O=C(COc1ccc(N2CCCC2)nn1)N[C@@H](c1cccnc1)C(F)(F)F. The smallest absolute Gasteiger partial charge is 0.412 e. The Morgan fingerprint density at radius 1 is 1.22 bits per heavy atom. The number of pyridine rings is 1. The van der Waals surface area contributed by atoms with Gasteiger partial charge in [0, 0.05) is 37.1 Å². The Hall–Kier alpha value is -2.91. The summed E-state index contributed by atoms with van der Waals surface area (Å²) in [4.78, 5) is 17.6. The lowest BCUT2D eigenvalue weighted by atomic mass is 10.1. The van der Waals surface area contributed by atoms with Gasteiger partial charge in [0.25, 0.3) is 5.91 Å². The first-order valence-corrected chi connectivity index (χ1v) is 8.41. The molecule has 0 saturated carbocycles. The first-order valence-electron chi connectivity index (χ1n) is 8.41. The van der Waals surface area contributed by atoms with Crippen LogP contribution in [-0.4, -0.2) is 47.0 Å². The van der Waals surface area contributed by atoms with Gasteiger partial charge in [-0.2, -0.15) is 13.2 Å². The van der Waals surface area contributed by atoms with E-state index in [-0.39, 0.29) is 11.4 Å². The highest BCUT2D eigenvalue weighted by Gasteiger charge is 2.42. The molecule has 0 aliphatic carbocycles. The van der Waals surface area contributed by atoms with Crippen molar-refractivity contribution in [1.29, 1.82) is 0 Å². The van der Waals surface area contributed by atoms with Crippen molar-refractivity contribution >= 4 is 11.7 Å². The fourth-order valence-corrected chi connectivity index (χ4v) is 2.75. The highest BCUT2D eigenvalue weighted by molar-refractivity contribution is 5.78. The van der Waals surface area contributed by atoms with Crippen molar-refractivity contribution in [2.75, 3.05) is 24.6 Å². The van der Waals surface area contributed by atoms with E-state index in [9.17, 15) is 18.0 Å². The van der Waals surface area contributed by atoms with E-state index in [1.165, 1.54) is 24.4 Å². The zero-order chi connectivity index (χ0) is 19.3. The largest absolute Gasteiger partial charge is 0.466 e. The topological polar surface area (TPSA) is 80.2 Å². The third kappa shape index (κ3) is 5.05. The molecule has 1 aliphatic heterocycles. The molecule has 10 heteroatoms. The second-order valence-corrected chi connectivity index (χ2v) is 6.04. The van der Waals surface area contributed by atoms with Crippen LogP contribution in [0, 0.1) is 0 Å². The Balaban J connectivity index is 1.56. The molecular formula is C17H18F3N5O2. The normalized spacial score (nSPS) is 15.4. The minimum absolute atomic E-state index is 0.0676. The van der Waals surface area contributed by atoms with Gasteiger partial charge < -0.3 is 15.0 Å². The van der Waals surface area contributed by atoms with E-state index in [2.05, 4.69) is 20.1 Å². The average Bonchev–Trinajstić information content (AvgIpc) is 3.19. The molecule has 3 rings (SSSR count). The summed E-state index contributed by atoms with van der Waals surface area (Å²) in [5.74, 6) is -0.150. The first-order chi connectivity index (χ1) is 12.9. The van der Waals surface area contributed by atoms with Gasteiger partial charge in [-0.15, -0.1) is 10.2 Å². The highest BCUT2D eigenvalue weighted by atomic mass is 19.4. The summed E-state index contributed by atoms with van der Waals surface area (Å²) < 4.78 is 44.8. The van der Waals surface area contributed by atoms with Crippen LogP contribution in [0.1, 0.15) is 24.4 Å². The molecule has 0 spiro atoms. The van der Waals surface area contributed by atoms with Crippen molar-refractivity contribution in [3.05, 3.63) is 42.2 Å². The standard InChI is InChI=1S/C17H18F3N5O2/c18-17(19,20)16(12-4-3-7-21-10-12)22-14(26)11-27-15-6-5-13(23-24-15)25-8-1-2-9-25/h3-7,10,16H,1-2,8-9,11H2,(H,22,26)/t16-/m0/s1. The number of aromatic nitrogens is 3. The van der Waals surface area contributed by atoms with Gasteiger partial charge in [-0.05, 0) is 25.0 Å². The predicted octanol–water partition coefficient (Wildman–Crippen LogP) is 2.27. The van der Waals surface area contributed by atoms with E-state index in [1.807, 2.05) is 5.32 Å². The number of rotatable bonds is 6. The van der Waals surface area contributed by atoms with E-state index >= 15 is 0 Å². The number of carbonyl (C=O) groups is 1. The molecular weight excluding hydrogens is 363 g/mol. The van der Waals surface area contributed by atoms with Crippen LogP contribution in [0.15, 0.2) is 36.7 Å². The molecule has 0 bridgehead atoms. The summed E-state index contributed by atoms with van der Waals surface area (Å²) in [6.45, 7) is 1.21. The van der Waals surface area contributed by atoms with Crippen molar-refractivity contribution in [3.63, 3.8) is 0 Å². The number of nitrogens with zero attached hydrogens (tertiary/aromatic N) is 4. The van der Waals surface area contributed by atoms with Gasteiger partial charge in [0.1, 0.15) is 0 Å². The summed E-state index contributed by atoms with van der Waals surface area (Å²) in [6.07, 6.45) is -0.0567. The molecule has 1 atom stereocenters. The van der Waals surface area contributed by atoms with Gasteiger partial charge in [0.05, 0.1) is 0 Å². The molecule has 1 fully saturated rings. The van der Waals surface area contributed by atoms with Crippen LogP contribution in [0.5, 0.6) is 5.88 Å². The van der Waals surface area contributed by atoms with Crippen molar-refractivity contribution in [3.8, 4) is 5.88 Å². The number of alkyl halides is 3. The van der Waals surface area contributed by atoms with Gasteiger partial charge >= 0.3 is 6.18 Å². The van der Waals surface area contributed by atoms with E-state index in [4.69, 9.17) is 4.74 Å². The lowest BCUT2D eigenvalue weighted by Gasteiger charge is -2.21. The van der Waals surface area contributed by atoms with E-state index in [0.29, 0.717) is 5.82 Å². The maximum atomic E-state index is 13.2. The number of hydrogen-bond donors (Lipinski definition) is 1. The van der Waals surface area contributed by atoms with Crippen molar-refractivity contribution in [1.82, 2.24) is 20.5 Å². The maximum Gasteiger partial charge on any atom is 0.412 e. The molecule has 1 amide bonds. The zero-order valence-corrected chi connectivity index (χ0v) is 14.3. The van der Waals surface area contributed by atoms with E-state index in [1.54, 1.807) is 6.07 Å². The molecule has 7 nitrogen and oxygen atoms in total. The molecule has 2 aromatic rings. The number of ether oxygens (including phenoxy) is 1. The number of hydrogen-bond acceptors (Lipinski definition) is 6. The second-order valence-electron chi connectivity index (χ2n) is 6.04. The molecule has 1 aliphatic rings. The summed E-state index contributed by atoms with van der Waals surface area (Å²) >= 11 is 0. The molecule has 1 N–H and O–H groups in total. The third-order valence-corrected chi connectivity index (χ3v) is 4.06. The summed E-state index contributed by atoms with van der Waals surface area (Å²) in [6, 6.07) is 3.70. The quantitative estimate of drug-likeness (QED) is 0.827. The first kappa shape index (κ1) is 18.9. The fraction of sp³-hybridized carbons (Fsp3) is 0.412. The summed E-state index contributed by atoms with van der Waals surface area (Å²) in [7, 11) is 0. The zero-order valence-electron chi connectivity index (χ0n) is 14.3. The van der Waals surface area contributed by atoms with Crippen molar-refractivity contribution in [2.24, 2.45) is 0 Å². The number of amides is 1. The Labute approximate surface area is 153 Å². The van der Waals surface area contributed by atoms with Gasteiger partial charge in [-0.3, -0.25) is 9.78 Å². The molecule has 0 aromatic carbocycles. The minimum atomic E-state index is -4.66. The van der Waals surface area contributed by atoms with Crippen LogP contribution in [0.25, 0.3) is 0 Å². The van der Waals surface area contributed by atoms with Crippen LogP contribution in [0.4, 0.5) is 19.0 Å². The minimum Gasteiger partial charge on any atom is -0.466 e. The van der Waals surface area contributed by atoms with Crippen LogP contribution < -0.4 is 15.0 Å². The Kier molecular flexibility index (Phi) is 5.72. The van der Waals surface area contributed by atoms with E-state index < -0.39 is 24.7 Å². The molecule has 0 radical (unpaired) electrons. The van der Waals surface area contributed by atoms with Crippen LogP contribution in [0.3, 0.4) is 0 Å². The number of anilines is 1. The molecule has 144 valence electrons. The second kappa shape index (κ2) is 8.19. The predicted molar refractivity (Wildman–Crippen MR) is 90.1 cm³/mol. The third-order valence-electron chi connectivity index (χ3n) is 4.06. The fourth-order valence-electron chi connectivity index (χ4n) is 2.75.